The molecule has 3 aliphatic rings. The van der Waals surface area contributed by atoms with Crippen molar-refractivity contribution in [1.29, 1.82) is 0 Å². The average Bonchev–Trinajstić information content (AvgIpc) is 3.06. The van der Waals surface area contributed by atoms with Crippen molar-refractivity contribution < 1.29 is 17.9 Å². The second kappa shape index (κ2) is 7.59. The number of allylic oxidation sites excluding steroid dienone is 1. The molecule has 2 aliphatic carbocycles. The maximum absolute atomic E-state index is 13.3. The standard InChI is InChI=1S/C23H28F3N5O/c1-4-12(2)31-20(21-16-6-14(7-17(16)21)30-10-15(11-30)32-3)8-19(29-31)13-5-18(23(24,25)26)22(27)28-9-13/h5-6,8-9,12,14-15,17,21H,4,7,10-11H2,1-3H3,(H2,27,28)/t12?,14-,17-,21-/m1/s1. The molecule has 32 heavy (non-hydrogen) atoms. The zero-order valence-corrected chi connectivity index (χ0v) is 18.4. The maximum Gasteiger partial charge on any atom is 0.419 e. The number of halogens is 3. The minimum absolute atomic E-state index is 0.151. The first-order chi connectivity index (χ1) is 15.2. The number of methoxy groups -OCH3 is 1. The van der Waals surface area contributed by atoms with Crippen LogP contribution < -0.4 is 5.73 Å². The number of alkyl halides is 3. The molecule has 0 spiro atoms. The molecule has 2 fully saturated rings. The minimum atomic E-state index is -4.55. The SMILES string of the molecule is CCC(C)n1nc(-c2cnc(N)c(C(F)(F)F)c2)cc1[C@@H]1C2=C[C@@H](N3CC(OC)C3)C[C@H]21. The normalized spacial score (nSPS) is 26.6. The number of aromatic nitrogens is 3. The first-order valence-corrected chi connectivity index (χ1v) is 11.1. The summed E-state index contributed by atoms with van der Waals surface area (Å²) in [5.41, 5.74) is 7.89. The van der Waals surface area contributed by atoms with Crippen LogP contribution in [-0.2, 0) is 10.9 Å². The van der Waals surface area contributed by atoms with Gasteiger partial charge in [-0.2, -0.15) is 18.3 Å². The monoisotopic (exact) mass is 447 g/mol. The van der Waals surface area contributed by atoms with Crippen molar-refractivity contribution in [2.45, 2.75) is 57.0 Å². The largest absolute Gasteiger partial charge is 0.419 e. The molecule has 0 aromatic carbocycles. The Morgan fingerprint density at radius 3 is 2.62 bits per heavy atom. The van der Waals surface area contributed by atoms with Crippen molar-refractivity contribution in [3.63, 3.8) is 0 Å². The van der Waals surface area contributed by atoms with Crippen molar-refractivity contribution in [2.24, 2.45) is 5.92 Å². The molecule has 6 nitrogen and oxygen atoms in total. The number of nitrogens with two attached hydrogens (primary N) is 1. The summed E-state index contributed by atoms with van der Waals surface area (Å²) < 4.78 is 47.3. The van der Waals surface area contributed by atoms with Crippen LogP contribution in [0.4, 0.5) is 19.0 Å². The van der Waals surface area contributed by atoms with Gasteiger partial charge in [0.2, 0.25) is 0 Å². The van der Waals surface area contributed by atoms with Crippen LogP contribution in [0.3, 0.4) is 0 Å². The van der Waals surface area contributed by atoms with E-state index in [1.54, 1.807) is 7.11 Å². The van der Waals surface area contributed by atoms with Crippen molar-refractivity contribution in [3.8, 4) is 11.3 Å². The van der Waals surface area contributed by atoms with Crippen LogP contribution in [0.15, 0.2) is 30.0 Å². The number of nitrogens with zero attached hydrogens (tertiary/aromatic N) is 4. The lowest BCUT2D eigenvalue weighted by Gasteiger charge is -2.42. The Morgan fingerprint density at radius 1 is 1.28 bits per heavy atom. The molecular formula is C23H28F3N5O. The van der Waals surface area contributed by atoms with Crippen molar-refractivity contribution in [1.82, 2.24) is 19.7 Å². The van der Waals surface area contributed by atoms with Gasteiger partial charge in [0.05, 0.1) is 17.4 Å². The zero-order chi connectivity index (χ0) is 22.8. The summed E-state index contributed by atoms with van der Waals surface area (Å²) in [5, 5.41) is 4.71. The quantitative estimate of drug-likeness (QED) is 0.670. The van der Waals surface area contributed by atoms with Gasteiger partial charge in [-0.05, 0) is 37.8 Å². The predicted molar refractivity (Wildman–Crippen MR) is 115 cm³/mol. The maximum atomic E-state index is 13.3. The van der Waals surface area contributed by atoms with Gasteiger partial charge in [-0.15, -0.1) is 0 Å². The van der Waals surface area contributed by atoms with Gasteiger partial charge in [0.25, 0.3) is 0 Å². The Morgan fingerprint density at radius 2 is 2.03 bits per heavy atom. The number of pyridine rings is 1. The Kier molecular flexibility index (Phi) is 5.09. The number of nitrogen functional groups attached to an aromatic ring is 1. The summed E-state index contributed by atoms with van der Waals surface area (Å²) in [6.45, 7) is 6.12. The third-order valence-electron chi connectivity index (χ3n) is 7.25. The highest BCUT2D eigenvalue weighted by Gasteiger charge is 2.53. The highest BCUT2D eigenvalue weighted by molar-refractivity contribution is 5.64. The lowest BCUT2D eigenvalue weighted by atomic mass is 10.0. The van der Waals surface area contributed by atoms with Gasteiger partial charge in [0.15, 0.2) is 0 Å². The summed E-state index contributed by atoms with van der Waals surface area (Å²) in [7, 11) is 1.75. The van der Waals surface area contributed by atoms with E-state index in [0.29, 0.717) is 35.2 Å². The molecule has 0 bridgehead atoms. The molecule has 3 heterocycles. The zero-order valence-electron chi connectivity index (χ0n) is 18.4. The molecule has 172 valence electrons. The topological polar surface area (TPSA) is 69.2 Å². The molecule has 2 aromatic rings. The second-order valence-electron chi connectivity index (χ2n) is 9.18. The van der Waals surface area contributed by atoms with Gasteiger partial charge in [-0.1, -0.05) is 18.6 Å². The first kappa shape index (κ1) is 21.5. The summed E-state index contributed by atoms with van der Waals surface area (Å²) in [6.07, 6.45) is 1.50. The van der Waals surface area contributed by atoms with E-state index in [0.717, 1.165) is 37.7 Å². The Hall–Kier alpha value is -2.39. The number of hydrogen-bond donors (Lipinski definition) is 1. The smallest absolute Gasteiger partial charge is 0.383 e. The fourth-order valence-corrected chi connectivity index (χ4v) is 5.06. The summed E-state index contributed by atoms with van der Waals surface area (Å²) in [6, 6.07) is 3.60. The van der Waals surface area contributed by atoms with E-state index in [2.05, 4.69) is 29.8 Å². The molecular weight excluding hydrogens is 419 g/mol. The molecule has 1 saturated carbocycles. The fourth-order valence-electron chi connectivity index (χ4n) is 5.06. The molecule has 0 radical (unpaired) electrons. The van der Waals surface area contributed by atoms with Crippen molar-refractivity contribution >= 4 is 5.82 Å². The third kappa shape index (κ3) is 3.51. The highest BCUT2D eigenvalue weighted by atomic mass is 19.4. The van der Waals surface area contributed by atoms with Crippen LogP contribution in [0, 0.1) is 5.92 Å². The van der Waals surface area contributed by atoms with E-state index in [1.165, 1.54) is 11.8 Å². The van der Waals surface area contributed by atoms with Crippen LogP contribution >= 0.6 is 0 Å². The molecule has 5 rings (SSSR count). The number of rotatable bonds is 6. The summed E-state index contributed by atoms with van der Waals surface area (Å²) in [5.74, 6) is 0.270. The lowest BCUT2D eigenvalue weighted by molar-refractivity contribution is -0.137. The molecule has 9 heteroatoms. The third-order valence-corrected chi connectivity index (χ3v) is 7.25. The van der Waals surface area contributed by atoms with Crippen LogP contribution in [0.2, 0.25) is 0 Å². The minimum Gasteiger partial charge on any atom is -0.383 e. The number of ether oxygens (including phenoxy) is 1. The number of hydrogen-bond acceptors (Lipinski definition) is 5. The van der Waals surface area contributed by atoms with E-state index in [-0.39, 0.29) is 6.04 Å². The van der Waals surface area contributed by atoms with Crippen LogP contribution in [0.25, 0.3) is 11.3 Å². The molecule has 4 atom stereocenters. The Labute approximate surface area is 185 Å². The first-order valence-electron chi connectivity index (χ1n) is 11.1. The molecule has 2 aromatic heterocycles. The van der Waals surface area contributed by atoms with E-state index in [4.69, 9.17) is 15.6 Å². The van der Waals surface area contributed by atoms with Crippen molar-refractivity contribution in [3.05, 3.63) is 41.2 Å². The molecule has 2 N–H and O–H groups in total. The van der Waals surface area contributed by atoms with E-state index >= 15 is 0 Å². The van der Waals surface area contributed by atoms with E-state index < -0.39 is 17.6 Å². The van der Waals surface area contributed by atoms with Gasteiger partial charge in [-0.25, -0.2) is 4.98 Å². The lowest BCUT2D eigenvalue weighted by Crippen LogP contribution is -2.55. The Bertz CT molecular complexity index is 1060. The Balaban J connectivity index is 1.43. The molecule has 0 amide bonds. The average molecular weight is 448 g/mol. The molecule has 1 aliphatic heterocycles. The van der Waals surface area contributed by atoms with E-state index in [9.17, 15) is 13.2 Å². The second-order valence-corrected chi connectivity index (χ2v) is 9.18. The van der Waals surface area contributed by atoms with Crippen LogP contribution in [0.5, 0.6) is 0 Å². The number of anilines is 1. The van der Waals surface area contributed by atoms with Crippen LogP contribution in [-0.4, -0.2) is 52.0 Å². The molecule has 1 saturated heterocycles. The van der Waals surface area contributed by atoms with Crippen LogP contribution in [0.1, 0.15) is 49.9 Å². The highest BCUT2D eigenvalue weighted by Crippen LogP contribution is 2.61. The predicted octanol–water partition coefficient (Wildman–Crippen LogP) is 4.26. The molecule has 1 unspecified atom stereocenters. The van der Waals surface area contributed by atoms with E-state index in [1.807, 2.05) is 10.7 Å². The number of fused-ring (bicyclic) bond motifs is 1. The van der Waals surface area contributed by atoms with Gasteiger partial charge < -0.3 is 10.5 Å². The van der Waals surface area contributed by atoms with Gasteiger partial charge in [0.1, 0.15) is 5.82 Å². The van der Waals surface area contributed by atoms with Gasteiger partial charge >= 0.3 is 6.18 Å². The van der Waals surface area contributed by atoms with Gasteiger partial charge in [0, 0.05) is 55.7 Å². The van der Waals surface area contributed by atoms with Crippen molar-refractivity contribution in [2.75, 3.05) is 25.9 Å². The summed E-state index contributed by atoms with van der Waals surface area (Å²) in [4.78, 5) is 6.23. The number of likely N-dealkylation sites (tertiary alicyclic amines) is 1. The van der Waals surface area contributed by atoms with Gasteiger partial charge in [-0.3, -0.25) is 9.58 Å². The fraction of sp³-hybridized carbons (Fsp3) is 0.565. The summed E-state index contributed by atoms with van der Waals surface area (Å²) >= 11 is 0.